The summed E-state index contributed by atoms with van der Waals surface area (Å²) in [5.41, 5.74) is 0.128. The monoisotopic (exact) mass is 342 g/mol. The first-order valence-corrected chi connectivity index (χ1v) is 7.76. The van der Waals surface area contributed by atoms with Gasteiger partial charge < -0.3 is 4.90 Å². The molecule has 0 spiro atoms. The van der Waals surface area contributed by atoms with Gasteiger partial charge >= 0.3 is 0 Å². The smallest absolute Gasteiger partial charge is 0.256 e. The third-order valence-electron chi connectivity index (χ3n) is 3.90. The number of benzene rings is 1. The van der Waals surface area contributed by atoms with Crippen molar-refractivity contribution in [3.63, 3.8) is 0 Å². The fourth-order valence-corrected chi connectivity index (χ4v) is 3.15. The number of carbonyl (C=O) groups is 1. The Bertz CT molecular complexity index is 495. The van der Waals surface area contributed by atoms with Crippen LogP contribution >= 0.6 is 15.9 Å². The highest BCUT2D eigenvalue weighted by molar-refractivity contribution is 9.10. The third kappa shape index (κ3) is 3.38. The van der Waals surface area contributed by atoms with Crippen LogP contribution in [0.1, 0.15) is 30.1 Å². The summed E-state index contributed by atoms with van der Waals surface area (Å²) < 4.78 is 14.5. The van der Waals surface area contributed by atoms with E-state index in [1.807, 2.05) is 0 Å². The van der Waals surface area contributed by atoms with Crippen molar-refractivity contribution in [2.24, 2.45) is 0 Å². The minimum absolute atomic E-state index is 0.128. The summed E-state index contributed by atoms with van der Waals surface area (Å²) in [7, 11) is 1.74. The van der Waals surface area contributed by atoms with Crippen LogP contribution in [0, 0.1) is 5.82 Å². The van der Waals surface area contributed by atoms with Crippen molar-refractivity contribution in [1.29, 1.82) is 0 Å². The predicted molar refractivity (Wildman–Crippen MR) is 81.3 cm³/mol. The van der Waals surface area contributed by atoms with Crippen molar-refractivity contribution in [3.05, 3.63) is 34.1 Å². The average Bonchev–Trinajstić information content (AvgIpc) is 2.87. The molecule has 1 aromatic rings. The van der Waals surface area contributed by atoms with Gasteiger partial charge in [-0.15, -0.1) is 0 Å². The molecule has 3 nitrogen and oxygen atoms in total. The molecule has 0 aliphatic carbocycles. The summed E-state index contributed by atoms with van der Waals surface area (Å²) >= 11 is 3.28. The molecule has 1 atom stereocenters. The lowest BCUT2D eigenvalue weighted by Gasteiger charge is -2.28. The molecule has 1 saturated heterocycles. The van der Waals surface area contributed by atoms with E-state index >= 15 is 0 Å². The van der Waals surface area contributed by atoms with Crippen LogP contribution in [0.2, 0.25) is 0 Å². The Hall–Kier alpha value is -0.940. The molecule has 1 aliphatic rings. The Morgan fingerprint density at radius 3 is 3.00 bits per heavy atom. The van der Waals surface area contributed by atoms with E-state index in [0.29, 0.717) is 17.1 Å². The van der Waals surface area contributed by atoms with Crippen molar-refractivity contribution in [1.82, 2.24) is 9.80 Å². The van der Waals surface area contributed by atoms with Gasteiger partial charge in [-0.25, -0.2) is 4.39 Å². The summed E-state index contributed by atoms with van der Waals surface area (Å²) in [5, 5.41) is 0. The first kappa shape index (κ1) is 15.4. The zero-order valence-electron chi connectivity index (χ0n) is 11.9. The fraction of sp³-hybridized carbons (Fsp3) is 0.533. The number of likely N-dealkylation sites (tertiary alicyclic amines) is 1. The number of rotatable bonds is 4. The lowest BCUT2D eigenvalue weighted by atomic mass is 10.1. The Morgan fingerprint density at radius 2 is 2.30 bits per heavy atom. The van der Waals surface area contributed by atoms with Gasteiger partial charge in [0.2, 0.25) is 0 Å². The molecule has 1 heterocycles. The van der Waals surface area contributed by atoms with Gasteiger partial charge in [0.25, 0.3) is 5.91 Å². The normalized spacial score (nSPS) is 19.3. The van der Waals surface area contributed by atoms with Crippen LogP contribution in [-0.2, 0) is 0 Å². The zero-order chi connectivity index (χ0) is 14.7. The standard InChI is InChI=1S/C15H20BrFN2O/c1-3-19-8-4-5-12(19)10-18(2)15(20)13-9-11(16)6-7-14(13)17/h6-7,9,12H,3-5,8,10H2,1-2H3. The number of hydrogen-bond donors (Lipinski definition) is 0. The molecule has 1 amide bonds. The molecule has 1 aliphatic heterocycles. The van der Waals surface area contributed by atoms with E-state index in [4.69, 9.17) is 0 Å². The molecule has 0 aromatic heterocycles. The molecule has 0 N–H and O–H groups in total. The second-order valence-electron chi connectivity index (χ2n) is 5.23. The van der Waals surface area contributed by atoms with Crippen molar-refractivity contribution >= 4 is 21.8 Å². The van der Waals surface area contributed by atoms with Crippen LogP contribution in [0.4, 0.5) is 4.39 Å². The van der Waals surface area contributed by atoms with Crippen molar-refractivity contribution in [3.8, 4) is 0 Å². The topological polar surface area (TPSA) is 23.6 Å². The summed E-state index contributed by atoms with van der Waals surface area (Å²) in [5.74, 6) is -0.726. The predicted octanol–water partition coefficient (Wildman–Crippen LogP) is 3.14. The summed E-state index contributed by atoms with van der Waals surface area (Å²) in [6.07, 6.45) is 2.28. The quantitative estimate of drug-likeness (QED) is 0.839. The van der Waals surface area contributed by atoms with E-state index in [0.717, 1.165) is 19.5 Å². The zero-order valence-corrected chi connectivity index (χ0v) is 13.5. The van der Waals surface area contributed by atoms with Crippen LogP contribution in [0.25, 0.3) is 0 Å². The molecule has 0 radical (unpaired) electrons. The summed E-state index contributed by atoms with van der Waals surface area (Å²) in [6, 6.07) is 4.85. The second kappa shape index (κ2) is 6.68. The highest BCUT2D eigenvalue weighted by atomic mass is 79.9. The van der Waals surface area contributed by atoms with Gasteiger partial charge in [-0.1, -0.05) is 22.9 Å². The Kier molecular flexibility index (Phi) is 5.16. The van der Waals surface area contributed by atoms with Gasteiger partial charge in [0.1, 0.15) is 5.82 Å². The van der Waals surface area contributed by atoms with Crippen LogP contribution in [-0.4, -0.2) is 48.4 Å². The van der Waals surface area contributed by atoms with Gasteiger partial charge in [-0.3, -0.25) is 9.69 Å². The molecular formula is C15H20BrFN2O. The highest BCUT2D eigenvalue weighted by Crippen LogP contribution is 2.20. The van der Waals surface area contributed by atoms with Crippen LogP contribution in [0.5, 0.6) is 0 Å². The van der Waals surface area contributed by atoms with E-state index in [2.05, 4.69) is 27.8 Å². The maximum Gasteiger partial charge on any atom is 0.256 e. The van der Waals surface area contributed by atoms with E-state index in [1.54, 1.807) is 24.1 Å². The van der Waals surface area contributed by atoms with E-state index in [1.165, 1.54) is 12.5 Å². The molecule has 1 unspecified atom stereocenters. The lowest BCUT2D eigenvalue weighted by molar-refractivity contribution is 0.0750. The van der Waals surface area contributed by atoms with Crippen molar-refractivity contribution in [2.45, 2.75) is 25.8 Å². The number of hydrogen-bond acceptors (Lipinski definition) is 2. The molecule has 0 bridgehead atoms. The largest absolute Gasteiger partial charge is 0.340 e. The second-order valence-corrected chi connectivity index (χ2v) is 6.15. The maximum atomic E-state index is 13.8. The molecule has 5 heteroatoms. The van der Waals surface area contributed by atoms with Crippen LogP contribution < -0.4 is 0 Å². The number of nitrogens with zero attached hydrogens (tertiary/aromatic N) is 2. The number of likely N-dealkylation sites (N-methyl/N-ethyl adjacent to an activating group) is 2. The van der Waals surface area contributed by atoms with Gasteiger partial charge in [0, 0.05) is 24.1 Å². The highest BCUT2D eigenvalue weighted by Gasteiger charge is 2.26. The van der Waals surface area contributed by atoms with Crippen LogP contribution in [0.15, 0.2) is 22.7 Å². The van der Waals surface area contributed by atoms with Gasteiger partial charge in [-0.05, 0) is 44.1 Å². The Morgan fingerprint density at radius 1 is 1.55 bits per heavy atom. The fourth-order valence-electron chi connectivity index (χ4n) is 2.78. The van der Waals surface area contributed by atoms with Crippen molar-refractivity contribution in [2.75, 3.05) is 26.7 Å². The first-order chi connectivity index (χ1) is 9.52. The van der Waals surface area contributed by atoms with E-state index < -0.39 is 5.82 Å². The summed E-state index contributed by atoms with van der Waals surface area (Å²) in [4.78, 5) is 16.4. The lowest BCUT2D eigenvalue weighted by Crippen LogP contribution is -2.41. The molecule has 20 heavy (non-hydrogen) atoms. The average molecular weight is 343 g/mol. The Balaban J connectivity index is 2.07. The molecule has 1 aromatic carbocycles. The number of carbonyl (C=O) groups excluding carboxylic acids is 1. The van der Waals surface area contributed by atoms with Crippen LogP contribution in [0.3, 0.4) is 0 Å². The van der Waals surface area contributed by atoms with Gasteiger partial charge in [0.15, 0.2) is 0 Å². The van der Waals surface area contributed by atoms with E-state index in [-0.39, 0.29) is 11.5 Å². The number of amides is 1. The number of halogens is 2. The molecule has 1 fully saturated rings. The molecular weight excluding hydrogens is 323 g/mol. The minimum Gasteiger partial charge on any atom is -0.340 e. The van der Waals surface area contributed by atoms with Crippen molar-refractivity contribution < 1.29 is 9.18 Å². The maximum absolute atomic E-state index is 13.8. The first-order valence-electron chi connectivity index (χ1n) is 6.97. The minimum atomic E-state index is -0.469. The third-order valence-corrected chi connectivity index (χ3v) is 4.39. The Labute approximate surface area is 127 Å². The molecule has 0 saturated carbocycles. The molecule has 110 valence electrons. The summed E-state index contributed by atoms with van der Waals surface area (Å²) in [6.45, 7) is 4.87. The SMILES string of the molecule is CCN1CCCC1CN(C)C(=O)c1cc(Br)ccc1F. The van der Waals surface area contributed by atoms with E-state index in [9.17, 15) is 9.18 Å². The molecule has 2 rings (SSSR count). The van der Waals surface area contributed by atoms with Gasteiger partial charge in [0.05, 0.1) is 5.56 Å². The van der Waals surface area contributed by atoms with Gasteiger partial charge in [-0.2, -0.15) is 0 Å².